The number of anilines is 1. The minimum Gasteiger partial charge on any atom is -0.383 e. The number of imidazole rings is 1. The number of hydrogen-bond acceptors (Lipinski definition) is 4. The molecule has 1 N–H and O–H groups in total. The molecule has 1 aliphatic rings. The van der Waals surface area contributed by atoms with Gasteiger partial charge in [0, 0.05) is 31.9 Å². The van der Waals surface area contributed by atoms with Gasteiger partial charge in [-0.2, -0.15) is 0 Å². The smallest absolute Gasteiger partial charge is 0.203 e. The molecule has 2 rings (SSSR count). The number of ether oxygens (including phenoxy) is 1. The third kappa shape index (κ3) is 3.96. The Morgan fingerprint density at radius 3 is 2.70 bits per heavy atom. The van der Waals surface area contributed by atoms with Crippen molar-refractivity contribution >= 4 is 5.95 Å². The number of nitrogens with one attached hydrogen (secondary N) is 1. The van der Waals surface area contributed by atoms with Gasteiger partial charge >= 0.3 is 0 Å². The summed E-state index contributed by atoms with van der Waals surface area (Å²) in [7, 11) is 1.73. The monoisotopic (exact) mass is 280 g/mol. The highest BCUT2D eigenvalue weighted by Gasteiger charge is 2.19. The second-order valence-corrected chi connectivity index (χ2v) is 5.95. The van der Waals surface area contributed by atoms with E-state index in [-0.39, 0.29) is 6.04 Å². The van der Waals surface area contributed by atoms with Crippen LogP contribution in [0.3, 0.4) is 0 Å². The average molecular weight is 280 g/mol. The van der Waals surface area contributed by atoms with Crippen LogP contribution in [0.1, 0.15) is 32.4 Å². The van der Waals surface area contributed by atoms with Crippen LogP contribution < -0.4 is 5.32 Å². The zero-order valence-electron chi connectivity index (χ0n) is 13.2. The van der Waals surface area contributed by atoms with E-state index in [1.54, 1.807) is 7.11 Å². The van der Waals surface area contributed by atoms with E-state index < -0.39 is 0 Å². The maximum atomic E-state index is 5.18. The topological polar surface area (TPSA) is 42.3 Å². The van der Waals surface area contributed by atoms with Crippen LogP contribution in [0, 0.1) is 6.92 Å². The van der Waals surface area contributed by atoms with Crippen molar-refractivity contribution in [3.05, 3.63) is 11.9 Å². The van der Waals surface area contributed by atoms with Gasteiger partial charge in [0.15, 0.2) is 0 Å². The summed E-state index contributed by atoms with van der Waals surface area (Å²) in [6.45, 7) is 10.6. The Bertz CT molecular complexity index is 412. The zero-order valence-corrected chi connectivity index (χ0v) is 13.2. The highest BCUT2D eigenvalue weighted by Crippen LogP contribution is 2.16. The van der Waals surface area contributed by atoms with E-state index in [1.165, 1.54) is 25.9 Å². The minimum atomic E-state index is 0.266. The second kappa shape index (κ2) is 7.09. The first-order valence-corrected chi connectivity index (χ1v) is 7.63. The van der Waals surface area contributed by atoms with Crippen LogP contribution in [0.25, 0.3) is 0 Å². The maximum Gasteiger partial charge on any atom is 0.203 e. The van der Waals surface area contributed by atoms with Crippen LogP contribution in [-0.4, -0.2) is 53.3 Å². The molecule has 0 saturated carbocycles. The summed E-state index contributed by atoms with van der Waals surface area (Å²) in [5.74, 6) is 0.957. The van der Waals surface area contributed by atoms with Gasteiger partial charge < -0.3 is 14.6 Å². The quantitative estimate of drug-likeness (QED) is 0.831. The number of rotatable bonds is 7. The molecule has 20 heavy (non-hydrogen) atoms. The van der Waals surface area contributed by atoms with Gasteiger partial charge in [0.05, 0.1) is 12.3 Å². The van der Waals surface area contributed by atoms with E-state index in [9.17, 15) is 0 Å². The van der Waals surface area contributed by atoms with Gasteiger partial charge in [-0.3, -0.25) is 4.90 Å². The van der Waals surface area contributed by atoms with E-state index in [4.69, 9.17) is 4.74 Å². The Balaban J connectivity index is 1.99. The number of likely N-dealkylation sites (tertiary alicyclic amines) is 1. The van der Waals surface area contributed by atoms with Crippen molar-refractivity contribution in [1.29, 1.82) is 0 Å². The van der Waals surface area contributed by atoms with Crippen molar-refractivity contribution in [2.45, 2.75) is 52.2 Å². The Kier molecular flexibility index (Phi) is 5.43. The first-order valence-electron chi connectivity index (χ1n) is 7.63. The zero-order chi connectivity index (χ0) is 14.5. The first-order chi connectivity index (χ1) is 9.60. The molecule has 0 aliphatic carbocycles. The lowest BCUT2D eigenvalue weighted by molar-refractivity contribution is 0.189. The van der Waals surface area contributed by atoms with E-state index in [0.29, 0.717) is 12.6 Å². The molecule has 5 heteroatoms. The summed E-state index contributed by atoms with van der Waals surface area (Å²) in [5.41, 5.74) is 1.06. The van der Waals surface area contributed by atoms with Crippen LogP contribution in [0.5, 0.6) is 0 Å². The molecule has 0 radical (unpaired) electrons. The van der Waals surface area contributed by atoms with Gasteiger partial charge in [-0.15, -0.1) is 0 Å². The summed E-state index contributed by atoms with van der Waals surface area (Å²) in [4.78, 5) is 7.16. The largest absolute Gasteiger partial charge is 0.383 e. The van der Waals surface area contributed by atoms with Crippen molar-refractivity contribution < 1.29 is 4.74 Å². The molecule has 2 heterocycles. The fraction of sp³-hybridized carbons (Fsp3) is 0.800. The summed E-state index contributed by atoms with van der Waals surface area (Å²) in [5, 5.41) is 3.44. The molecule has 0 amide bonds. The molecule has 1 fully saturated rings. The summed E-state index contributed by atoms with van der Waals surface area (Å²) in [6, 6.07) is 0.826. The normalized spacial score (nSPS) is 19.2. The molecule has 2 unspecified atom stereocenters. The van der Waals surface area contributed by atoms with E-state index in [2.05, 4.69) is 39.8 Å². The minimum absolute atomic E-state index is 0.266. The average Bonchev–Trinajstić information content (AvgIpc) is 3.00. The standard InChI is InChI=1S/C15H28N4O/c1-12-9-19(10-14(3)18-7-5-6-8-18)15(16-12)17-13(2)11-20-4/h9,13-14H,5-8,10-11H2,1-4H3,(H,16,17). The Morgan fingerprint density at radius 2 is 2.05 bits per heavy atom. The highest BCUT2D eigenvalue weighted by atomic mass is 16.5. The fourth-order valence-electron chi connectivity index (χ4n) is 2.90. The van der Waals surface area contributed by atoms with Gasteiger partial charge in [0.2, 0.25) is 5.95 Å². The molecule has 1 aliphatic heterocycles. The van der Waals surface area contributed by atoms with Crippen LogP contribution in [0.4, 0.5) is 5.95 Å². The van der Waals surface area contributed by atoms with Crippen molar-refractivity contribution in [2.24, 2.45) is 0 Å². The molecular formula is C15H28N4O. The van der Waals surface area contributed by atoms with E-state index in [0.717, 1.165) is 18.2 Å². The SMILES string of the molecule is COCC(C)Nc1nc(C)cn1CC(C)N1CCCC1. The summed E-state index contributed by atoms with van der Waals surface area (Å²) < 4.78 is 7.42. The lowest BCUT2D eigenvalue weighted by atomic mass is 10.3. The van der Waals surface area contributed by atoms with Crippen LogP contribution in [0.15, 0.2) is 6.20 Å². The number of aromatic nitrogens is 2. The van der Waals surface area contributed by atoms with E-state index >= 15 is 0 Å². The molecule has 1 saturated heterocycles. The van der Waals surface area contributed by atoms with Crippen molar-refractivity contribution in [3.63, 3.8) is 0 Å². The molecule has 114 valence electrons. The number of aryl methyl sites for hydroxylation is 1. The summed E-state index contributed by atoms with van der Waals surface area (Å²) in [6.07, 6.45) is 4.81. The Labute approximate surface area is 122 Å². The predicted molar refractivity (Wildman–Crippen MR) is 82.2 cm³/mol. The molecule has 5 nitrogen and oxygen atoms in total. The molecule has 1 aromatic heterocycles. The van der Waals surface area contributed by atoms with Crippen LogP contribution in [0.2, 0.25) is 0 Å². The van der Waals surface area contributed by atoms with Gasteiger partial charge in [-0.25, -0.2) is 4.98 Å². The van der Waals surface area contributed by atoms with Crippen molar-refractivity contribution in [2.75, 3.05) is 32.1 Å². The Hall–Kier alpha value is -1.07. The fourth-order valence-corrected chi connectivity index (χ4v) is 2.90. The molecule has 0 spiro atoms. The first kappa shape index (κ1) is 15.3. The van der Waals surface area contributed by atoms with Crippen molar-refractivity contribution in [1.82, 2.24) is 14.5 Å². The molecular weight excluding hydrogens is 252 g/mol. The number of hydrogen-bond donors (Lipinski definition) is 1. The van der Waals surface area contributed by atoms with Gasteiger partial charge in [0.1, 0.15) is 0 Å². The van der Waals surface area contributed by atoms with E-state index in [1.807, 2.05) is 6.92 Å². The Morgan fingerprint density at radius 1 is 1.35 bits per heavy atom. The number of nitrogens with zero attached hydrogens (tertiary/aromatic N) is 3. The van der Waals surface area contributed by atoms with Gasteiger partial charge in [-0.05, 0) is 46.7 Å². The molecule has 0 bridgehead atoms. The van der Waals surface area contributed by atoms with Crippen LogP contribution in [-0.2, 0) is 11.3 Å². The lowest BCUT2D eigenvalue weighted by Crippen LogP contribution is -2.34. The third-order valence-electron chi connectivity index (χ3n) is 3.91. The molecule has 2 atom stereocenters. The second-order valence-electron chi connectivity index (χ2n) is 5.95. The molecule has 0 aromatic carbocycles. The maximum absolute atomic E-state index is 5.18. The molecule has 1 aromatic rings. The lowest BCUT2D eigenvalue weighted by Gasteiger charge is -2.25. The van der Waals surface area contributed by atoms with Gasteiger partial charge in [-0.1, -0.05) is 0 Å². The van der Waals surface area contributed by atoms with Crippen molar-refractivity contribution in [3.8, 4) is 0 Å². The van der Waals surface area contributed by atoms with Gasteiger partial charge in [0.25, 0.3) is 0 Å². The summed E-state index contributed by atoms with van der Waals surface area (Å²) >= 11 is 0. The number of methoxy groups -OCH3 is 1. The van der Waals surface area contributed by atoms with Crippen LogP contribution >= 0.6 is 0 Å². The predicted octanol–water partition coefficient (Wildman–Crippen LogP) is 2.12. The third-order valence-corrected chi connectivity index (χ3v) is 3.91. The highest BCUT2D eigenvalue weighted by molar-refractivity contribution is 5.30.